The van der Waals surface area contributed by atoms with Gasteiger partial charge in [0.25, 0.3) is 0 Å². The SMILES string of the molecule is Cc1cc(C)c(C(F)(F)Oc2cc(F)c(N=C=S)c(F)c2)c(C)c1. The number of thiocarbonyl (C=S) groups is 1. The first-order valence-corrected chi connectivity index (χ1v) is 7.28. The van der Waals surface area contributed by atoms with Crippen molar-refractivity contribution in [1.29, 1.82) is 0 Å². The minimum absolute atomic E-state index is 0.320. The lowest BCUT2D eigenvalue weighted by atomic mass is 9.99. The quantitative estimate of drug-likeness (QED) is 0.395. The standard InChI is InChI=1S/C17H13F4NOS/c1-9-4-10(2)15(11(3)5-9)17(20,21)23-12-6-13(18)16(22-8-24)14(19)7-12/h4-7H,1-3H3. The molecule has 0 spiro atoms. The molecular formula is C17H13F4NOS. The number of halogens is 4. The Morgan fingerprint density at radius 1 is 1.00 bits per heavy atom. The van der Waals surface area contributed by atoms with Crippen LogP contribution in [-0.2, 0) is 6.11 Å². The zero-order valence-electron chi connectivity index (χ0n) is 13.1. The van der Waals surface area contributed by atoms with Crippen LogP contribution in [0.5, 0.6) is 5.75 Å². The molecule has 24 heavy (non-hydrogen) atoms. The number of aliphatic imine (C=N–C) groups is 1. The first-order valence-electron chi connectivity index (χ1n) is 6.87. The van der Waals surface area contributed by atoms with E-state index in [0.29, 0.717) is 23.3 Å². The Labute approximate surface area is 141 Å². The van der Waals surface area contributed by atoms with Crippen LogP contribution >= 0.6 is 12.2 Å². The fraction of sp³-hybridized carbons (Fsp3) is 0.235. The number of rotatable bonds is 4. The van der Waals surface area contributed by atoms with Crippen molar-refractivity contribution in [2.24, 2.45) is 4.99 Å². The molecule has 0 saturated carbocycles. The van der Waals surface area contributed by atoms with Crippen LogP contribution in [0.15, 0.2) is 29.3 Å². The fourth-order valence-corrected chi connectivity index (χ4v) is 2.68. The van der Waals surface area contributed by atoms with Gasteiger partial charge in [-0.3, -0.25) is 0 Å². The van der Waals surface area contributed by atoms with E-state index < -0.39 is 29.2 Å². The predicted molar refractivity (Wildman–Crippen MR) is 86.2 cm³/mol. The van der Waals surface area contributed by atoms with Gasteiger partial charge in [-0.25, -0.2) is 8.78 Å². The van der Waals surface area contributed by atoms with Gasteiger partial charge in [-0.2, -0.15) is 13.8 Å². The normalized spacial score (nSPS) is 11.1. The van der Waals surface area contributed by atoms with E-state index in [0.717, 1.165) is 5.56 Å². The van der Waals surface area contributed by atoms with E-state index in [4.69, 9.17) is 0 Å². The largest absolute Gasteiger partial charge is 0.429 e. The monoisotopic (exact) mass is 355 g/mol. The zero-order valence-corrected chi connectivity index (χ0v) is 13.9. The summed E-state index contributed by atoms with van der Waals surface area (Å²) in [6.45, 7) is 4.82. The molecule has 2 rings (SSSR count). The second-order valence-corrected chi connectivity index (χ2v) is 5.51. The van der Waals surface area contributed by atoms with E-state index in [-0.39, 0.29) is 5.56 Å². The number of isothiocyanates is 1. The number of aryl methyl sites for hydroxylation is 3. The molecule has 0 aromatic heterocycles. The highest BCUT2D eigenvalue weighted by molar-refractivity contribution is 7.78. The Bertz CT molecular complexity index is 798. The van der Waals surface area contributed by atoms with Crippen LogP contribution in [0.3, 0.4) is 0 Å². The van der Waals surface area contributed by atoms with Crippen molar-refractivity contribution in [3.05, 3.63) is 58.2 Å². The summed E-state index contributed by atoms with van der Waals surface area (Å²) in [6, 6.07) is 4.42. The van der Waals surface area contributed by atoms with Gasteiger partial charge in [0.05, 0.1) is 10.7 Å². The molecular weight excluding hydrogens is 342 g/mol. The first-order chi connectivity index (χ1) is 11.2. The van der Waals surface area contributed by atoms with Gasteiger partial charge in [-0.15, -0.1) is 0 Å². The molecule has 2 aromatic rings. The highest BCUT2D eigenvalue weighted by Crippen LogP contribution is 2.37. The third kappa shape index (κ3) is 3.63. The Morgan fingerprint density at radius 2 is 1.50 bits per heavy atom. The van der Waals surface area contributed by atoms with Crippen LogP contribution in [0.2, 0.25) is 0 Å². The summed E-state index contributed by atoms with van der Waals surface area (Å²) in [6.07, 6.45) is -3.75. The third-order valence-corrected chi connectivity index (χ3v) is 3.45. The summed E-state index contributed by atoms with van der Waals surface area (Å²) in [5.74, 6) is -3.00. The molecule has 0 fully saturated rings. The number of benzene rings is 2. The second-order valence-electron chi connectivity index (χ2n) is 5.33. The maximum Gasteiger partial charge on any atom is 0.427 e. The fourth-order valence-electron chi connectivity index (χ4n) is 2.59. The van der Waals surface area contributed by atoms with Crippen LogP contribution in [0.4, 0.5) is 23.2 Å². The molecule has 0 radical (unpaired) electrons. The lowest BCUT2D eigenvalue weighted by Crippen LogP contribution is -2.24. The molecule has 126 valence electrons. The van der Waals surface area contributed by atoms with Gasteiger partial charge in [0, 0.05) is 12.1 Å². The van der Waals surface area contributed by atoms with Crippen molar-refractivity contribution in [1.82, 2.24) is 0 Å². The first kappa shape index (κ1) is 18.1. The highest BCUT2D eigenvalue weighted by atomic mass is 32.1. The molecule has 0 aliphatic heterocycles. The van der Waals surface area contributed by atoms with Gasteiger partial charge >= 0.3 is 6.11 Å². The maximum absolute atomic E-state index is 14.5. The Hall–Kier alpha value is -2.24. The van der Waals surface area contributed by atoms with Gasteiger partial charge in [-0.05, 0) is 44.1 Å². The molecule has 7 heteroatoms. The third-order valence-electron chi connectivity index (χ3n) is 3.36. The molecule has 0 heterocycles. The predicted octanol–water partition coefficient (Wildman–Crippen LogP) is 5.75. The summed E-state index contributed by atoms with van der Waals surface area (Å²) >= 11 is 4.28. The van der Waals surface area contributed by atoms with Crippen molar-refractivity contribution < 1.29 is 22.3 Å². The molecule has 0 aliphatic rings. The maximum atomic E-state index is 14.5. The van der Waals surface area contributed by atoms with Gasteiger partial charge < -0.3 is 4.74 Å². The summed E-state index contributed by atoms with van der Waals surface area (Å²) in [5.41, 5.74) is 0.419. The van der Waals surface area contributed by atoms with Crippen molar-refractivity contribution in [3.8, 4) is 5.75 Å². The minimum Gasteiger partial charge on any atom is -0.429 e. The van der Waals surface area contributed by atoms with Crippen molar-refractivity contribution in [2.75, 3.05) is 0 Å². The Balaban J connectivity index is 2.45. The van der Waals surface area contributed by atoms with Crippen LogP contribution in [0.25, 0.3) is 0 Å². The number of nitrogens with zero attached hydrogens (tertiary/aromatic N) is 1. The summed E-state index contributed by atoms with van der Waals surface area (Å²) < 4.78 is 61.0. The van der Waals surface area contributed by atoms with E-state index in [1.165, 1.54) is 13.8 Å². The van der Waals surface area contributed by atoms with Crippen LogP contribution in [-0.4, -0.2) is 5.16 Å². The summed E-state index contributed by atoms with van der Waals surface area (Å²) in [7, 11) is 0. The smallest absolute Gasteiger partial charge is 0.427 e. The van der Waals surface area contributed by atoms with Crippen LogP contribution < -0.4 is 4.74 Å². The van der Waals surface area contributed by atoms with Gasteiger partial charge in [0.1, 0.15) is 11.4 Å². The number of ether oxygens (including phenoxy) is 1. The van der Waals surface area contributed by atoms with Crippen LogP contribution in [0.1, 0.15) is 22.3 Å². The average Bonchev–Trinajstić information content (AvgIpc) is 2.40. The van der Waals surface area contributed by atoms with E-state index in [9.17, 15) is 17.6 Å². The molecule has 0 N–H and O–H groups in total. The molecule has 0 atom stereocenters. The Kier molecular flexibility index (Phi) is 5.06. The molecule has 0 bridgehead atoms. The molecule has 2 nitrogen and oxygen atoms in total. The van der Waals surface area contributed by atoms with Crippen LogP contribution in [0, 0.1) is 32.4 Å². The topological polar surface area (TPSA) is 21.6 Å². The van der Waals surface area contributed by atoms with E-state index >= 15 is 0 Å². The zero-order chi connectivity index (χ0) is 18.1. The van der Waals surface area contributed by atoms with Gasteiger partial charge in [-0.1, -0.05) is 17.7 Å². The lowest BCUT2D eigenvalue weighted by molar-refractivity contribution is -0.186. The number of hydrogen-bond donors (Lipinski definition) is 0. The molecule has 0 unspecified atom stereocenters. The number of hydrogen-bond acceptors (Lipinski definition) is 3. The lowest BCUT2D eigenvalue weighted by Gasteiger charge is -2.22. The summed E-state index contributed by atoms with van der Waals surface area (Å²) in [4.78, 5) is 3.21. The second kappa shape index (κ2) is 6.71. The highest BCUT2D eigenvalue weighted by Gasteiger charge is 2.38. The minimum atomic E-state index is -3.75. The van der Waals surface area contributed by atoms with Crippen molar-refractivity contribution in [3.63, 3.8) is 0 Å². The molecule has 0 amide bonds. The van der Waals surface area contributed by atoms with E-state index in [2.05, 4.69) is 21.9 Å². The number of alkyl halides is 2. The van der Waals surface area contributed by atoms with Gasteiger partial charge in [0.2, 0.25) is 0 Å². The van der Waals surface area contributed by atoms with E-state index in [1.807, 2.05) is 5.16 Å². The molecule has 2 aromatic carbocycles. The van der Waals surface area contributed by atoms with E-state index in [1.54, 1.807) is 19.1 Å². The van der Waals surface area contributed by atoms with Crippen molar-refractivity contribution >= 4 is 23.1 Å². The van der Waals surface area contributed by atoms with Gasteiger partial charge in [0.15, 0.2) is 11.6 Å². The average molecular weight is 355 g/mol. The molecule has 0 aliphatic carbocycles. The Morgan fingerprint density at radius 3 is 1.96 bits per heavy atom. The molecule has 0 saturated heterocycles. The summed E-state index contributed by atoms with van der Waals surface area (Å²) in [5, 5.41) is 1.82. The van der Waals surface area contributed by atoms with Crippen molar-refractivity contribution in [2.45, 2.75) is 26.9 Å².